The number of likely N-dealkylation sites (tertiary alicyclic amines) is 1. The Kier molecular flexibility index (Phi) is 4.05. The monoisotopic (exact) mass is 352 g/mol. The van der Waals surface area contributed by atoms with E-state index in [1.54, 1.807) is 12.4 Å². The zero-order chi connectivity index (χ0) is 18.3. The van der Waals surface area contributed by atoms with E-state index in [4.69, 9.17) is 4.74 Å². The van der Waals surface area contributed by atoms with E-state index >= 15 is 0 Å². The zero-order valence-corrected chi connectivity index (χ0v) is 15.4. The van der Waals surface area contributed by atoms with Crippen LogP contribution in [0, 0.1) is 0 Å². The van der Waals surface area contributed by atoms with Gasteiger partial charge in [0.25, 0.3) is 0 Å². The van der Waals surface area contributed by atoms with Gasteiger partial charge >= 0.3 is 6.09 Å². The van der Waals surface area contributed by atoms with Crippen LogP contribution in [-0.4, -0.2) is 51.7 Å². The lowest BCUT2D eigenvalue weighted by molar-refractivity contribution is 0.0215. The number of piperazine rings is 1. The van der Waals surface area contributed by atoms with Crippen LogP contribution < -0.4 is 4.90 Å². The second-order valence-corrected chi connectivity index (χ2v) is 7.95. The molecule has 2 aromatic rings. The highest BCUT2D eigenvalue weighted by Crippen LogP contribution is 2.35. The molecule has 2 saturated heterocycles. The molecule has 4 rings (SSSR count). The quantitative estimate of drug-likeness (QED) is 0.830. The standard InChI is InChI=1S/C20H24N4O2/c1-20(2,3)26-19(25)24-13-16-11-17(24)12-23(16)15-7-5-14(6-8-15)18-21-9-4-10-22-18/h4-10,16-17H,11-13H2,1-3H3/t16-,17+/m1/s1. The number of hydrogen-bond acceptors (Lipinski definition) is 5. The summed E-state index contributed by atoms with van der Waals surface area (Å²) < 4.78 is 5.53. The molecule has 3 heterocycles. The van der Waals surface area contributed by atoms with Gasteiger partial charge in [0, 0.05) is 42.8 Å². The Bertz CT molecular complexity index is 786. The van der Waals surface area contributed by atoms with Crippen molar-refractivity contribution in [1.82, 2.24) is 14.9 Å². The van der Waals surface area contributed by atoms with Gasteiger partial charge in [-0.2, -0.15) is 0 Å². The Morgan fingerprint density at radius 3 is 2.35 bits per heavy atom. The molecule has 0 unspecified atom stereocenters. The van der Waals surface area contributed by atoms with Gasteiger partial charge in [-0.05, 0) is 57.5 Å². The third-order valence-corrected chi connectivity index (χ3v) is 4.89. The summed E-state index contributed by atoms with van der Waals surface area (Å²) >= 11 is 0. The van der Waals surface area contributed by atoms with Gasteiger partial charge in [-0.15, -0.1) is 0 Å². The summed E-state index contributed by atoms with van der Waals surface area (Å²) in [4.78, 5) is 25.2. The fourth-order valence-corrected chi connectivity index (χ4v) is 3.78. The molecule has 0 aliphatic carbocycles. The van der Waals surface area contributed by atoms with E-state index in [0.29, 0.717) is 6.04 Å². The summed E-state index contributed by atoms with van der Waals surface area (Å²) in [5.74, 6) is 0.734. The van der Waals surface area contributed by atoms with Gasteiger partial charge in [0.2, 0.25) is 0 Å². The minimum absolute atomic E-state index is 0.193. The number of carbonyl (C=O) groups is 1. The maximum absolute atomic E-state index is 12.4. The first-order valence-corrected chi connectivity index (χ1v) is 9.04. The first kappa shape index (κ1) is 16.8. The molecule has 0 N–H and O–H groups in total. The number of benzene rings is 1. The van der Waals surface area contributed by atoms with E-state index in [1.807, 2.05) is 31.7 Å². The number of carbonyl (C=O) groups excluding carboxylic acids is 1. The van der Waals surface area contributed by atoms with Crippen LogP contribution in [0.1, 0.15) is 27.2 Å². The lowest BCUT2D eigenvalue weighted by atomic mass is 10.1. The summed E-state index contributed by atoms with van der Waals surface area (Å²) in [5.41, 5.74) is 1.74. The molecule has 0 radical (unpaired) electrons. The van der Waals surface area contributed by atoms with E-state index in [2.05, 4.69) is 39.1 Å². The molecular formula is C20H24N4O2. The van der Waals surface area contributed by atoms with Crippen molar-refractivity contribution in [2.45, 2.75) is 44.9 Å². The third-order valence-electron chi connectivity index (χ3n) is 4.89. The van der Waals surface area contributed by atoms with Crippen molar-refractivity contribution >= 4 is 11.8 Å². The second-order valence-electron chi connectivity index (χ2n) is 7.95. The number of hydrogen-bond donors (Lipinski definition) is 0. The predicted molar refractivity (Wildman–Crippen MR) is 99.9 cm³/mol. The number of nitrogens with zero attached hydrogens (tertiary/aromatic N) is 4. The number of fused-ring (bicyclic) bond motifs is 2. The highest BCUT2D eigenvalue weighted by Gasteiger charge is 2.46. The van der Waals surface area contributed by atoms with E-state index in [1.165, 1.54) is 5.69 Å². The molecule has 2 aliphatic heterocycles. The minimum atomic E-state index is -0.450. The normalized spacial score (nSPS) is 22.0. The Morgan fingerprint density at radius 2 is 1.77 bits per heavy atom. The molecule has 1 aromatic carbocycles. The number of amides is 1. The summed E-state index contributed by atoms with van der Waals surface area (Å²) in [6.45, 7) is 7.30. The van der Waals surface area contributed by atoms with Gasteiger partial charge in [-0.1, -0.05) is 0 Å². The molecule has 136 valence electrons. The van der Waals surface area contributed by atoms with Crippen LogP contribution in [0.4, 0.5) is 10.5 Å². The predicted octanol–water partition coefficient (Wildman–Crippen LogP) is 3.34. The smallest absolute Gasteiger partial charge is 0.410 e. The molecule has 2 bridgehead atoms. The molecule has 6 nitrogen and oxygen atoms in total. The molecule has 0 saturated carbocycles. The molecular weight excluding hydrogens is 328 g/mol. The van der Waals surface area contributed by atoms with Gasteiger partial charge in [-0.3, -0.25) is 0 Å². The van der Waals surface area contributed by atoms with Crippen LogP contribution >= 0.6 is 0 Å². The lowest BCUT2D eigenvalue weighted by Crippen LogP contribution is -2.50. The SMILES string of the molecule is CC(C)(C)OC(=O)N1C[C@H]2C[C@H]1CN2c1ccc(-c2ncccn2)cc1. The van der Waals surface area contributed by atoms with E-state index < -0.39 is 5.60 Å². The average molecular weight is 352 g/mol. The molecule has 6 heteroatoms. The van der Waals surface area contributed by atoms with E-state index in [-0.39, 0.29) is 12.1 Å². The maximum Gasteiger partial charge on any atom is 0.410 e. The van der Waals surface area contributed by atoms with Crippen molar-refractivity contribution < 1.29 is 9.53 Å². The third kappa shape index (κ3) is 3.23. The van der Waals surface area contributed by atoms with Crippen LogP contribution in [0.2, 0.25) is 0 Å². The van der Waals surface area contributed by atoms with Crippen LogP contribution in [0.5, 0.6) is 0 Å². The summed E-state index contributed by atoms with van der Waals surface area (Å²) in [7, 11) is 0. The van der Waals surface area contributed by atoms with Crippen LogP contribution in [0.25, 0.3) is 11.4 Å². The summed E-state index contributed by atoms with van der Waals surface area (Å²) in [6.07, 6.45) is 4.31. The lowest BCUT2D eigenvalue weighted by Gasteiger charge is -2.36. The molecule has 1 aromatic heterocycles. The van der Waals surface area contributed by atoms with Crippen LogP contribution in [-0.2, 0) is 4.74 Å². The van der Waals surface area contributed by atoms with Crippen LogP contribution in [0.15, 0.2) is 42.7 Å². The Hall–Kier alpha value is -2.63. The number of aromatic nitrogens is 2. The van der Waals surface area contributed by atoms with Gasteiger partial charge < -0.3 is 14.5 Å². The number of anilines is 1. The topological polar surface area (TPSA) is 58.6 Å². The van der Waals surface area contributed by atoms with Crippen molar-refractivity contribution in [1.29, 1.82) is 0 Å². The number of ether oxygens (including phenoxy) is 1. The largest absolute Gasteiger partial charge is 0.444 e. The van der Waals surface area contributed by atoms with Gasteiger partial charge in [0.1, 0.15) is 5.60 Å². The number of rotatable bonds is 2. The average Bonchev–Trinajstić information content (AvgIpc) is 3.22. The van der Waals surface area contributed by atoms with Crippen molar-refractivity contribution in [3.8, 4) is 11.4 Å². The molecule has 1 amide bonds. The highest BCUT2D eigenvalue weighted by atomic mass is 16.6. The molecule has 2 aliphatic rings. The van der Waals surface area contributed by atoms with Crippen molar-refractivity contribution in [2.24, 2.45) is 0 Å². The van der Waals surface area contributed by atoms with Gasteiger partial charge in [-0.25, -0.2) is 14.8 Å². The van der Waals surface area contributed by atoms with Crippen LogP contribution in [0.3, 0.4) is 0 Å². The van der Waals surface area contributed by atoms with E-state index in [9.17, 15) is 4.79 Å². The second kappa shape index (κ2) is 6.27. The van der Waals surface area contributed by atoms with Crippen molar-refractivity contribution in [3.63, 3.8) is 0 Å². The Morgan fingerprint density at radius 1 is 1.08 bits per heavy atom. The van der Waals surface area contributed by atoms with Crippen molar-refractivity contribution in [2.75, 3.05) is 18.0 Å². The highest BCUT2D eigenvalue weighted by molar-refractivity contribution is 5.70. The molecule has 0 spiro atoms. The summed E-state index contributed by atoms with van der Waals surface area (Å²) in [5, 5.41) is 0. The molecule has 26 heavy (non-hydrogen) atoms. The Labute approximate surface area is 153 Å². The first-order chi connectivity index (χ1) is 12.4. The summed E-state index contributed by atoms with van der Waals surface area (Å²) in [6, 6.07) is 10.7. The maximum atomic E-state index is 12.4. The molecule has 2 fully saturated rings. The van der Waals surface area contributed by atoms with Crippen molar-refractivity contribution in [3.05, 3.63) is 42.7 Å². The van der Waals surface area contributed by atoms with Gasteiger partial charge in [0.05, 0.1) is 6.04 Å². The zero-order valence-electron chi connectivity index (χ0n) is 15.4. The fourth-order valence-electron chi connectivity index (χ4n) is 3.78. The van der Waals surface area contributed by atoms with Gasteiger partial charge in [0.15, 0.2) is 5.82 Å². The fraction of sp³-hybridized carbons (Fsp3) is 0.450. The minimum Gasteiger partial charge on any atom is -0.444 e. The van der Waals surface area contributed by atoms with E-state index in [0.717, 1.165) is 30.9 Å². The Balaban J connectivity index is 1.43. The first-order valence-electron chi connectivity index (χ1n) is 9.04. The molecule has 2 atom stereocenters.